The van der Waals surface area contributed by atoms with Crippen molar-refractivity contribution in [3.8, 4) is 0 Å². The van der Waals surface area contributed by atoms with Crippen molar-refractivity contribution in [2.45, 2.75) is 46.1 Å². The molecule has 15 heavy (non-hydrogen) atoms. The summed E-state index contributed by atoms with van der Waals surface area (Å²) in [4.78, 5) is 0. The van der Waals surface area contributed by atoms with Crippen LogP contribution in [0.5, 0.6) is 0 Å². The molecule has 0 saturated heterocycles. The summed E-state index contributed by atoms with van der Waals surface area (Å²) in [6.07, 6.45) is 1.13. The van der Waals surface area contributed by atoms with Gasteiger partial charge in [0, 0.05) is 6.04 Å². The van der Waals surface area contributed by atoms with Gasteiger partial charge in [0.25, 0.3) is 0 Å². The molecule has 2 atom stereocenters. The van der Waals surface area contributed by atoms with Crippen LogP contribution >= 0.6 is 0 Å². The lowest BCUT2D eigenvalue weighted by Crippen LogP contribution is -2.18. The number of hydrogen-bond acceptors (Lipinski definition) is 1. The Labute approximate surface area is 93.7 Å². The molecular weight excluding hydrogens is 182 g/mol. The Morgan fingerprint density at radius 3 is 2.27 bits per heavy atom. The van der Waals surface area contributed by atoms with Gasteiger partial charge in [-0.05, 0) is 23.0 Å². The van der Waals surface area contributed by atoms with Crippen LogP contribution in [0, 0.1) is 5.92 Å². The van der Waals surface area contributed by atoms with Crippen LogP contribution in [-0.4, -0.2) is 0 Å². The minimum absolute atomic E-state index is 0.175. The molecule has 1 aromatic carbocycles. The molecule has 0 fully saturated rings. The third kappa shape index (κ3) is 3.07. The Hall–Kier alpha value is -0.820. The van der Waals surface area contributed by atoms with E-state index in [-0.39, 0.29) is 6.04 Å². The molecule has 2 N–H and O–H groups in total. The van der Waals surface area contributed by atoms with E-state index in [2.05, 4.69) is 52.0 Å². The third-order valence-electron chi connectivity index (χ3n) is 3.22. The lowest BCUT2D eigenvalue weighted by Gasteiger charge is -2.20. The normalized spacial score (nSPS) is 15.3. The van der Waals surface area contributed by atoms with Crippen LogP contribution in [0.25, 0.3) is 0 Å². The van der Waals surface area contributed by atoms with Crippen LogP contribution in [-0.2, 0) is 0 Å². The highest BCUT2D eigenvalue weighted by molar-refractivity contribution is 5.28. The highest BCUT2D eigenvalue weighted by atomic mass is 14.6. The smallest absolute Gasteiger partial charge is 0.0320 e. The first-order chi connectivity index (χ1) is 7.06. The topological polar surface area (TPSA) is 26.0 Å². The molecule has 0 bridgehead atoms. The first-order valence-electron chi connectivity index (χ1n) is 5.91. The maximum Gasteiger partial charge on any atom is 0.0320 e. The molecule has 0 amide bonds. The van der Waals surface area contributed by atoms with E-state index in [1.807, 2.05) is 0 Å². The maximum absolute atomic E-state index is 6.22. The van der Waals surface area contributed by atoms with E-state index in [4.69, 9.17) is 5.73 Å². The van der Waals surface area contributed by atoms with Crippen LogP contribution in [0.2, 0.25) is 0 Å². The number of hydrogen-bond donors (Lipinski definition) is 1. The average Bonchev–Trinajstić information content (AvgIpc) is 2.27. The summed E-state index contributed by atoms with van der Waals surface area (Å²) in [5, 5.41) is 0. The molecule has 0 aliphatic heterocycles. The molecule has 84 valence electrons. The highest BCUT2D eigenvalue weighted by Gasteiger charge is 2.13. The highest BCUT2D eigenvalue weighted by Crippen LogP contribution is 2.24. The second-order valence-corrected chi connectivity index (χ2v) is 4.74. The SMILES string of the molecule is CCC(C)[C@H](N)c1cccc(C(C)C)c1. The zero-order valence-electron chi connectivity index (χ0n) is 10.3. The number of benzene rings is 1. The predicted molar refractivity (Wildman–Crippen MR) is 66.9 cm³/mol. The summed E-state index contributed by atoms with van der Waals surface area (Å²) in [5.74, 6) is 1.13. The fourth-order valence-corrected chi connectivity index (χ4v) is 1.71. The Kier molecular flexibility index (Phi) is 4.34. The fourth-order valence-electron chi connectivity index (χ4n) is 1.71. The fraction of sp³-hybridized carbons (Fsp3) is 0.571. The van der Waals surface area contributed by atoms with Gasteiger partial charge >= 0.3 is 0 Å². The lowest BCUT2D eigenvalue weighted by atomic mass is 9.91. The van der Waals surface area contributed by atoms with E-state index < -0.39 is 0 Å². The Bertz CT molecular complexity index is 304. The molecule has 0 spiro atoms. The van der Waals surface area contributed by atoms with E-state index in [1.165, 1.54) is 11.1 Å². The molecule has 0 aliphatic rings. The van der Waals surface area contributed by atoms with E-state index in [9.17, 15) is 0 Å². The second-order valence-electron chi connectivity index (χ2n) is 4.74. The largest absolute Gasteiger partial charge is 0.324 e. The lowest BCUT2D eigenvalue weighted by molar-refractivity contribution is 0.456. The molecular formula is C14H23N. The van der Waals surface area contributed by atoms with Crippen molar-refractivity contribution < 1.29 is 0 Å². The number of nitrogens with two attached hydrogens (primary N) is 1. The first-order valence-corrected chi connectivity index (χ1v) is 5.91. The molecule has 1 rings (SSSR count). The molecule has 0 aromatic heterocycles. The molecule has 0 radical (unpaired) electrons. The van der Waals surface area contributed by atoms with E-state index in [0.717, 1.165) is 6.42 Å². The molecule has 1 unspecified atom stereocenters. The van der Waals surface area contributed by atoms with Gasteiger partial charge in [0.1, 0.15) is 0 Å². The van der Waals surface area contributed by atoms with Crippen molar-refractivity contribution in [2.24, 2.45) is 11.7 Å². The van der Waals surface area contributed by atoms with Crippen molar-refractivity contribution in [3.05, 3.63) is 35.4 Å². The van der Waals surface area contributed by atoms with Crippen molar-refractivity contribution >= 4 is 0 Å². The van der Waals surface area contributed by atoms with Gasteiger partial charge < -0.3 is 5.73 Å². The van der Waals surface area contributed by atoms with E-state index in [1.54, 1.807) is 0 Å². The van der Waals surface area contributed by atoms with Gasteiger partial charge in [-0.1, -0.05) is 58.4 Å². The second kappa shape index (κ2) is 5.32. The van der Waals surface area contributed by atoms with Crippen molar-refractivity contribution in [3.63, 3.8) is 0 Å². The van der Waals surface area contributed by atoms with Gasteiger partial charge in [0.15, 0.2) is 0 Å². The maximum atomic E-state index is 6.22. The van der Waals surface area contributed by atoms with Crippen molar-refractivity contribution in [1.29, 1.82) is 0 Å². The summed E-state index contributed by atoms with van der Waals surface area (Å²) in [6, 6.07) is 8.86. The van der Waals surface area contributed by atoms with Gasteiger partial charge in [0.05, 0.1) is 0 Å². The van der Waals surface area contributed by atoms with Crippen LogP contribution < -0.4 is 5.73 Å². The van der Waals surface area contributed by atoms with Crippen molar-refractivity contribution in [1.82, 2.24) is 0 Å². The Morgan fingerprint density at radius 1 is 1.13 bits per heavy atom. The molecule has 0 aliphatic carbocycles. The minimum Gasteiger partial charge on any atom is -0.324 e. The average molecular weight is 205 g/mol. The summed E-state index contributed by atoms with van der Waals surface area (Å²) in [5.41, 5.74) is 8.87. The molecule has 0 heterocycles. The summed E-state index contributed by atoms with van der Waals surface area (Å²) in [7, 11) is 0. The molecule has 1 nitrogen and oxygen atoms in total. The summed E-state index contributed by atoms with van der Waals surface area (Å²) >= 11 is 0. The summed E-state index contributed by atoms with van der Waals surface area (Å²) in [6.45, 7) is 8.84. The standard InChI is InChI=1S/C14H23N/c1-5-11(4)14(15)13-8-6-7-12(9-13)10(2)3/h6-11,14H,5,15H2,1-4H3/t11?,14-/m0/s1. The summed E-state index contributed by atoms with van der Waals surface area (Å²) < 4.78 is 0. The van der Waals surface area contributed by atoms with Crippen LogP contribution in [0.1, 0.15) is 57.2 Å². The zero-order chi connectivity index (χ0) is 11.4. The third-order valence-corrected chi connectivity index (χ3v) is 3.22. The predicted octanol–water partition coefficient (Wildman–Crippen LogP) is 3.86. The van der Waals surface area contributed by atoms with Gasteiger partial charge in [-0.25, -0.2) is 0 Å². The van der Waals surface area contributed by atoms with Gasteiger partial charge in [-0.2, -0.15) is 0 Å². The van der Waals surface area contributed by atoms with Gasteiger partial charge in [-0.3, -0.25) is 0 Å². The van der Waals surface area contributed by atoms with E-state index in [0.29, 0.717) is 11.8 Å². The van der Waals surface area contributed by atoms with Gasteiger partial charge in [-0.15, -0.1) is 0 Å². The Balaban J connectivity index is 2.90. The molecule has 0 saturated carbocycles. The van der Waals surface area contributed by atoms with Gasteiger partial charge in [0.2, 0.25) is 0 Å². The zero-order valence-corrected chi connectivity index (χ0v) is 10.3. The monoisotopic (exact) mass is 205 g/mol. The van der Waals surface area contributed by atoms with Crippen LogP contribution in [0.4, 0.5) is 0 Å². The number of rotatable bonds is 4. The quantitative estimate of drug-likeness (QED) is 0.793. The molecule has 1 aromatic rings. The first kappa shape index (κ1) is 12.3. The van der Waals surface area contributed by atoms with E-state index >= 15 is 0 Å². The van der Waals surface area contributed by atoms with Crippen LogP contribution in [0.15, 0.2) is 24.3 Å². The molecule has 1 heteroatoms. The van der Waals surface area contributed by atoms with Crippen molar-refractivity contribution in [2.75, 3.05) is 0 Å². The van der Waals surface area contributed by atoms with Crippen LogP contribution in [0.3, 0.4) is 0 Å². The Morgan fingerprint density at radius 2 is 1.73 bits per heavy atom. The minimum atomic E-state index is 0.175.